The molecule has 1 aromatic carbocycles. The van der Waals surface area contributed by atoms with E-state index in [0.717, 1.165) is 25.0 Å². The topological polar surface area (TPSA) is 55.6 Å². The lowest BCUT2D eigenvalue weighted by Gasteiger charge is -2.37. The van der Waals surface area contributed by atoms with E-state index in [0.29, 0.717) is 19.0 Å². The fraction of sp³-hybridized carbons (Fsp3) is 0.562. The number of piperidine rings is 1. The Balaban J connectivity index is 1.81. The average Bonchev–Trinajstić information content (AvgIpc) is 3.27. The molecule has 1 saturated carbocycles. The monoisotopic (exact) mass is 310 g/mol. The summed E-state index contributed by atoms with van der Waals surface area (Å²) < 4.78 is 33.2. The van der Waals surface area contributed by atoms with E-state index in [-0.39, 0.29) is 23.6 Å². The molecule has 22 heavy (non-hydrogen) atoms. The summed E-state index contributed by atoms with van der Waals surface area (Å²) in [5.41, 5.74) is 6.01. The number of carbonyl (C=O) groups is 1. The summed E-state index contributed by atoms with van der Waals surface area (Å²) in [4.78, 5) is 14.0. The van der Waals surface area contributed by atoms with Crippen molar-refractivity contribution in [3.8, 4) is 5.75 Å². The standard InChI is InChI=1S/C16H20F2N2O2/c1-22-10-4-12(17)16(13(18)5-10)11-6-15(21)20(8-14(11)19)7-9-2-3-9/h4-5,9,11,14H,2-3,6-8,19H2,1H3/t11-,14-/m1/s1. The highest BCUT2D eigenvalue weighted by molar-refractivity contribution is 5.78. The minimum atomic E-state index is -0.708. The highest BCUT2D eigenvalue weighted by Gasteiger charge is 2.38. The number of amides is 1. The summed E-state index contributed by atoms with van der Waals surface area (Å²) >= 11 is 0. The van der Waals surface area contributed by atoms with E-state index in [1.165, 1.54) is 7.11 Å². The zero-order chi connectivity index (χ0) is 15.9. The Morgan fingerprint density at radius 2 is 1.95 bits per heavy atom. The van der Waals surface area contributed by atoms with Crippen LogP contribution < -0.4 is 10.5 Å². The second-order valence-corrected chi connectivity index (χ2v) is 6.22. The lowest BCUT2D eigenvalue weighted by Crippen LogP contribution is -2.51. The fourth-order valence-electron chi connectivity index (χ4n) is 3.09. The van der Waals surface area contributed by atoms with Crippen LogP contribution in [-0.2, 0) is 4.79 Å². The van der Waals surface area contributed by atoms with E-state index in [1.807, 2.05) is 0 Å². The molecular formula is C16H20F2N2O2. The van der Waals surface area contributed by atoms with Gasteiger partial charge in [-0.2, -0.15) is 0 Å². The molecule has 6 heteroatoms. The normalized spacial score (nSPS) is 25.5. The number of methoxy groups -OCH3 is 1. The third kappa shape index (κ3) is 2.92. The van der Waals surface area contributed by atoms with Crippen LogP contribution in [0.3, 0.4) is 0 Å². The summed E-state index contributed by atoms with van der Waals surface area (Å²) in [5, 5.41) is 0. The zero-order valence-corrected chi connectivity index (χ0v) is 12.5. The molecule has 4 nitrogen and oxygen atoms in total. The van der Waals surface area contributed by atoms with Gasteiger partial charge in [0, 0.05) is 49.2 Å². The molecule has 2 fully saturated rings. The van der Waals surface area contributed by atoms with Crippen molar-refractivity contribution >= 4 is 5.91 Å². The Morgan fingerprint density at radius 3 is 2.50 bits per heavy atom. The van der Waals surface area contributed by atoms with Crippen LogP contribution in [0, 0.1) is 17.6 Å². The van der Waals surface area contributed by atoms with Crippen LogP contribution >= 0.6 is 0 Å². The maximum absolute atomic E-state index is 14.2. The second-order valence-electron chi connectivity index (χ2n) is 6.22. The van der Waals surface area contributed by atoms with E-state index in [2.05, 4.69) is 0 Å². The first-order valence-corrected chi connectivity index (χ1v) is 7.56. The lowest BCUT2D eigenvalue weighted by atomic mass is 9.84. The molecule has 0 unspecified atom stereocenters. The van der Waals surface area contributed by atoms with Crippen molar-refractivity contribution in [3.63, 3.8) is 0 Å². The van der Waals surface area contributed by atoms with E-state index in [4.69, 9.17) is 10.5 Å². The first kappa shape index (κ1) is 15.2. The summed E-state index contributed by atoms with van der Waals surface area (Å²) in [5.74, 6) is -1.43. The van der Waals surface area contributed by atoms with Crippen LogP contribution in [0.25, 0.3) is 0 Å². The first-order valence-electron chi connectivity index (χ1n) is 7.56. The first-order chi connectivity index (χ1) is 10.5. The van der Waals surface area contributed by atoms with Crippen molar-refractivity contribution in [2.45, 2.75) is 31.2 Å². The molecular weight excluding hydrogens is 290 g/mol. The molecule has 2 atom stereocenters. The van der Waals surface area contributed by atoms with Crippen molar-refractivity contribution < 1.29 is 18.3 Å². The molecule has 1 aliphatic carbocycles. The summed E-state index contributed by atoms with van der Waals surface area (Å²) in [6.07, 6.45) is 2.34. The maximum Gasteiger partial charge on any atom is 0.223 e. The van der Waals surface area contributed by atoms with E-state index >= 15 is 0 Å². The fourth-order valence-corrected chi connectivity index (χ4v) is 3.09. The van der Waals surface area contributed by atoms with Crippen LogP contribution in [0.1, 0.15) is 30.7 Å². The van der Waals surface area contributed by atoms with Crippen molar-refractivity contribution in [2.24, 2.45) is 11.7 Å². The molecule has 0 radical (unpaired) electrons. The molecule has 1 heterocycles. The van der Waals surface area contributed by atoms with Gasteiger partial charge in [0.2, 0.25) is 5.91 Å². The molecule has 0 spiro atoms. The largest absolute Gasteiger partial charge is 0.497 e. The third-order valence-electron chi connectivity index (χ3n) is 4.53. The van der Waals surface area contributed by atoms with Gasteiger partial charge in [-0.05, 0) is 18.8 Å². The third-order valence-corrected chi connectivity index (χ3v) is 4.53. The molecule has 1 aliphatic heterocycles. The van der Waals surface area contributed by atoms with Crippen LogP contribution in [0.4, 0.5) is 8.78 Å². The number of hydrogen-bond donors (Lipinski definition) is 1. The molecule has 120 valence electrons. The lowest BCUT2D eigenvalue weighted by molar-refractivity contribution is -0.134. The number of hydrogen-bond acceptors (Lipinski definition) is 3. The molecule has 3 rings (SSSR count). The summed E-state index contributed by atoms with van der Waals surface area (Å²) in [6.45, 7) is 1.07. The molecule has 1 aromatic rings. The smallest absolute Gasteiger partial charge is 0.223 e. The van der Waals surface area contributed by atoms with Gasteiger partial charge in [-0.1, -0.05) is 0 Å². The quantitative estimate of drug-likeness (QED) is 0.926. The van der Waals surface area contributed by atoms with Crippen molar-refractivity contribution in [2.75, 3.05) is 20.2 Å². The van der Waals surface area contributed by atoms with Crippen molar-refractivity contribution in [1.82, 2.24) is 4.90 Å². The SMILES string of the molecule is COc1cc(F)c([C@@H]2CC(=O)N(CC3CC3)C[C@H]2N)c(F)c1. The average molecular weight is 310 g/mol. The molecule has 2 aliphatic rings. The maximum atomic E-state index is 14.2. The second kappa shape index (κ2) is 5.83. The number of likely N-dealkylation sites (tertiary alicyclic amines) is 1. The number of nitrogens with zero attached hydrogens (tertiary/aromatic N) is 1. The van der Waals surface area contributed by atoms with Crippen LogP contribution in [0.5, 0.6) is 5.75 Å². The Labute approximate surface area is 128 Å². The van der Waals surface area contributed by atoms with Gasteiger partial charge in [-0.3, -0.25) is 4.79 Å². The van der Waals surface area contributed by atoms with Crippen LogP contribution in [0.2, 0.25) is 0 Å². The number of benzene rings is 1. The number of ether oxygens (including phenoxy) is 1. The van der Waals surface area contributed by atoms with E-state index in [9.17, 15) is 13.6 Å². The minimum absolute atomic E-state index is 0.0497. The Hall–Kier alpha value is -1.69. The summed E-state index contributed by atoms with van der Waals surface area (Å²) in [6, 6.07) is 1.80. The van der Waals surface area contributed by atoms with Crippen molar-refractivity contribution in [3.05, 3.63) is 29.3 Å². The minimum Gasteiger partial charge on any atom is -0.497 e. The van der Waals surface area contributed by atoms with Gasteiger partial charge in [0.25, 0.3) is 0 Å². The van der Waals surface area contributed by atoms with Crippen molar-refractivity contribution in [1.29, 1.82) is 0 Å². The number of halogens is 2. The Kier molecular flexibility index (Phi) is 4.04. The highest BCUT2D eigenvalue weighted by atomic mass is 19.1. The van der Waals surface area contributed by atoms with Crippen LogP contribution in [0.15, 0.2) is 12.1 Å². The number of nitrogens with two attached hydrogens (primary N) is 1. The van der Waals surface area contributed by atoms with Gasteiger partial charge >= 0.3 is 0 Å². The predicted octanol–water partition coefficient (Wildman–Crippen LogP) is 2.03. The Bertz CT molecular complexity index is 567. The van der Waals surface area contributed by atoms with Crippen LogP contribution in [-0.4, -0.2) is 37.0 Å². The van der Waals surface area contributed by atoms with Gasteiger partial charge in [0.05, 0.1) is 7.11 Å². The highest BCUT2D eigenvalue weighted by Crippen LogP contribution is 2.36. The molecule has 1 amide bonds. The molecule has 1 saturated heterocycles. The van der Waals surface area contributed by atoms with Gasteiger partial charge in [0.1, 0.15) is 17.4 Å². The van der Waals surface area contributed by atoms with E-state index in [1.54, 1.807) is 4.90 Å². The van der Waals surface area contributed by atoms with E-state index < -0.39 is 23.6 Å². The predicted molar refractivity (Wildman–Crippen MR) is 77.5 cm³/mol. The Morgan fingerprint density at radius 1 is 1.32 bits per heavy atom. The van der Waals surface area contributed by atoms with Gasteiger partial charge in [-0.15, -0.1) is 0 Å². The number of carbonyl (C=O) groups excluding carboxylic acids is 1. The number of rotatable bonds is 4. The molecule has 0 aromatic heterocycles. The van der Waals surface area contributed by atoms with Gasteiger partial charge < -0.3 is 15.4 Å². The van der Waals surface area contributed by atoms with Gasteiger partial charge in [0.15, 0.2) is 0 Å². The summed E-state index contributed by atoms with van der Waals surface area (Å²) in [7, 11) is 1.35. The van der Waals surface area contributed by atoms with Gasteiger partial charge in [-0.25, -0.2) is 8.78 Å². The zero-order valence-electron chi connectivity index (χ0n) is 12.5. The molecule has 0 bridgehead atoms. The molecule has 2 N–H and O–H groups in total.